The van der Waals surface area contributed by atoms with Gasteiger partial charge in [-0.15, -0.1) is 0 Å². The van der Waals surface area contributed by atoms with Gasteiger partial charge in [0, 0.05) is 6.54 Å². The van der Waals surface area contributed by atoms with Gasteiger partial charge in [-0.25, -0.2) is 0 Å². The molecule has 0 saturated heterocycles. The third-order valence-electron chi connectivity index (χ3n) is 4.61. The zero-order chi connectivity index (χ0) is 12.5. The molecule has 0 spiro atoms. The Labute approximate surface area is 104 Å². The number of hydrogen-bond donors (Lipinski definition) is 1. The minimum Gasteiger partial charge on any atom is -0.354 e. The van der Waals surface area contributed by atoms with Crippen molar-refractivity contribution < 1.29 is 4.79 Å². The second-order valence-corrected chi connectivity index (χ2v) is 6.09. The molecule has 2 aliphatic carbocycles. The van der Waals surface area contributed by atoms with Crippen LogP contribution in [-0.2, 0) is 4.79 Å². The molecule has 1 N–H and O–H groups in total. The Bertz CT molecular complexity index is 339. The van der Waals surface area contributed by atoms with Crippen LogP contribution in [0.2, 0.25) is 0 Å². The summed E-state index contributed by atoms with van der Waals surface area (Å²) in [4.78, 5) is 12.1. The van der Waals surface area contributed by atoms with Crippen LogP contribution in [0.15, 0.2) is 0 Å². The molecular formula is C14H22N2O. The molecule has 3 nitrogen and oxygen atoms in total. The zero-order valence-electron chi connectivity index (χ0n) is 10.8. The van der Waals surface area contributed by atoms with Gasteiger partial charge in [-0.3, -0.25) is 4.79 Å². The van der Waals surface area contributed by atoms with E-state index in [1.165, 1.54) is 19.3 Å². The van der Waals surface area contributed by atoms with Gasteiger partial charge in [0.1, 0.15) is 5.41 Å². The Morgan fingerprint density at radius 1 is 1.41 bits per heavy atom. The normalized spacial score (nSPS) is 40.4. The molecule has 2 rings (SSSR count). The average Bonchev–Trinajstić information content (AvgIpc) is 2.67. The molecule has 2 saturated carbocycles. The molecule has 2 atom stereocenters. The molecule has 17 heavy (non-hydrogen) atoms. The first-order valence-electron chi connectivity index (χ1n) is 6.77. The lowest BCUT2D eigenvalue weighted by Crippen LogP contribution is -2.49. The maximum Gasteiger partial charge on any atom is 0.240 e. The largest absolute Gasteiger partial charge is 0.354 e. The highest BCUT2D eigenvalue weighted by Crippen LogP contribution is 2.45. The number of nitriles is 1. The molecule has 0 heterocycles. The van der Waals surface area contributed by atoms with Gasteiger partial charge in [0.2, 0.25) is 5.91 Å². The maximum atomic E-state index is 12.1. The first kappa shape index (κ1) is 12.4. The predicted octanol–water partition coefficient (Wildman–Crippen LogP) is 2.48. The van der Waals surface area contributed by atoms with Gasteiger partial charge in [0.05, 0.1) is 6.07 Å². The van der Waals surface area contributed by atoms with Crippen molar-refractivity contribution in [3.05, 3.63) is 0 Å². The lowest BCUT2D eigenvalue weighted by Gasteiger charge is -2.39. The Hall–Kier alpha value is -1.04. The third-order valence-corrected chi connectivity index (χ3v) is 4.61. The van der Waals surface area contributed by atoms with Crippen LogP contribution in [0.3, 0.4) is 0 Å². The lowest BCUT2D eigenvalue weighted by atomic mass is 9.63. The van der Waals surface area contributed by atoms with Crippen molar-refractivity contribution in [2.24, 2.45) is 23.2 Å². The molecule has 0 radical (unpaired) electrons. The van der Waals surface area contributed by atoms with E-state index in [-0.39, 0.29) is 5.91 Å². The Kier molecular flexibility index (Phi) is 3.42. The van der Waals surface area contributed by atoms with E-state index in [2.05, 4.69) is 25.2 Å². The number of amides is 1. The topological polar surface area (TPSA) is 52.9 Å². The second-order valence-electron chi connectivity index (χ2n) is 6.09. The summed E-state index contributed by atoms with van der Waals surface area (Å²) in [7, 11) is 0. The summed E-state index contributed by atoms with van der Waals surface area (Å²) in [5, 5.41) is 12.2. The summed E-state index contributed by atoms with van der Waals surface area (Å²) in [5.41, 5.74) is -0.707. The van der Waals surface area contributed by atoms with E-state index in [9.17, 15) is 4.79 Å². The lowest BCUT2D eigenvalue weighted by molar-refractivity contribution is -0.134. The highest BCUT2D eigenvalue weighted by Gasteiger charge is 2.48. The van der Waals surface area contributed by atoms with Crippen molar-refractivity contribution in [3.63, 3.8) is 0 Å². The fourth-order valence-corrected chi connectivity index (χ4v) is 3.38. The van der Waals surface area contributed by atoms with Crippen molar-refractivity contribution >= 4 is 5.91 Å². The molecule has 0 aromatic rings. The van der Waals surface area contributed by atoms with E-state index in [1.807, 2.05) is 0 Å². The quantitative estimate of drug-likeness (QED) is 0.815. The van der Waals surface area contributed by atoms with E-state index < -0.39 is 5.41 Å². The number of nitrogens with zero attached hydrogens (tertiary/aromatic N) is 1. The Morgan fingerprint density at radius 3 is 2.59 bits per heavy atom. The molecule has 0 aromatic heterocycles. The van der Waals surface area contributed by atoms with Gasteiger partial charge in [-0.05, 0) is 37.0 Å². The molecule has 2 aliphatic rings. The number of hydrogen-bond acceptors (Lipinski definition) is 2. The summed E-state index contributed by atoms with van der Waals surface area (Å²) in [5.74, 6) is 1.82. The molecule has 0 bridgehead atoms. The summed E-state index contributed by atoms with van der Waals surface area (Å²) in [6, 6.07) is 2.22. The number of nitrogens with one attached hydrogen (secondary N) is 1. The van der Waals surface area contributed by atoms with Gasteiger partial charge in [-0.1, -0.05) is 26.7 Å². The summed E-state index contributed by atoms with van der Waals surface area (Å²) < 4.78 is 0. The van der Waals surface area contributed by atoms with Gasteiger partial charge in [-0.2, -0.15) is 5.26 Å². The average molecular weight is 234 g/mol. The minimum atomic E-state index is -0.707. The van der Waals surface area contributed by atoms with Gasteiger partial charge < -0.3 is 5.32 Å². The van der Waals surface area contributed by atoms with E-state index in [1.54, 1.807) is 0 Å². The fourth-order valence-electron chi connectivity index (χ4n) is 3.38. The van der Waals surface area contributed by atoms with Crippen molar-refractivity contribution in [3.8, 4) is 6.07 Å². The summed E-state index contributed by atoms with van der Waals surface area (Å²) in [6.45, 7) is 5.12. The number of carbonyl (C=O) groups is 1. The van der Waals surface area contributed by atoms with E-state index >= 15 is 0 Å². The highest BCUT2D eigenvalue weighted by molar-refractivity contribution is 5.86. The first-order valence-corrected chi connectivity index (χ1v) is 6.77. The van der Waals surface area contributed by atoms with Crippen LogP contribution >= 0.6 is 0 Å². The van der Waals surface area contributed by atoms with Crippen LogP contribution in [0.5, 0.6) is 0 Å². The van der Waals surface area contributed by atoms with Crippen LogP contribution < -0.4 is 5.32 Å². The van der Waals surface area contributed by atoms with Crippen LogP contribution in [0.25, 0.3) is 0 Å². The smallest absolute Gasteiger partial charge is 0.240 e. The molecule has 3 heteroatoms. The molecule has 94 valence electrons. The van der Waals surface area contributed by atoms with Crippen molar-refractivity contribution in [1.82, 2.24) is 5.32 Å². The standard InChI is InChI=1S/C14H22N2O/c1-10-6-14(7-10,9-15)13(17)16-8-12-5-3-4-11(12)2/h10-12H,3-8H2,1-2H3,(H,16,17). The zero-order valence-corrected chi connectivity index (χ0v) is 10.8. The van der Waals surface area contributed by atoms with Gasteiger partial charge >= 0.3 is 0 Å². The molecule has 2 unspecified atom stereocenters. The van der Waals surface area contributed by atoms with E-state index in [0.717, 1.165) is 19.4 Å². The minimum absolute atomic E-state index is 0.0304. The Balaban J connectivity index is 1.83. The summed E-state index contributed by atoms with van der Waals surface area (Å²) in [6.07, 6.45) is 5.24. The molecule has 0 aromatic carbocycles. The fraction of sp³-hybridized carbons (Fsp3) is 0.857. The molecule has 2 fully saturated rings. The molecule has 0 aliphatic heterocycles. The SMILES string of the molecule is CC1CC(C#N)(C(=O)NCC2CCCC2C)C1. The predicted molar refractivity (Wildman–Crippen MR) is 66.0 cm³/mol. The molecule has 1 amide bonds. The van der Waals surface area contributed by atoms with Gasteiger partial charge in [0.25, 0.3) is 0 Å². The van der Waals surface area contributed by atoms with Crippen LogP contribution in [0, 0.1) is 34.5 Å². The summed E-state index contributed by atoms with van der Waals surface area (Å²) >= 11 is 0. The van der Waals surface area contributed by atoms with Crippen LogP contribution in [0.1, 0.15) is 46.0 Å². The van der Waals surface area contributed by atoms with E-state index in [4.69, 9.17) is 5.26 Å². The van der Waals surface area contributed by atoms with Crippen molar-refractivity contribution in [2.45, 2.75) is 46.0 Å². The maximum absolute atomic E-state index is 12.1. The first-order chi connectivity index (χ1) is 8.07. The van der Waals surface area contributed by atoms with Crippen LogP contribution in [0.4, 0.5) is 0 Å². The highest BCUT2D eigenvalue weighted by atomic mass is 16.2. The van der Waals surface area contributed by atoms with Crippen molar-refractivity contribution in [2.75, 3.05) is 6.54 Å². The third kappa shape index (κ3) is 2.31. The van der Waals surface area contributed by atoms with Crippen LogP contribution in [-0.4, -0.2) is 12.5 Å². The Morgan fingerprint density at radius 2 is 2.12 bits per heavy atom. The van der Waals surface area contributed by atoms with Gasteiger partial charge in [0.15, 0.2) is 0 Å². The number of carbonyl (C=O) groups excluding carboxylic acids is 1. The molecular weight excluding hydrogens is 212 g/mol. The van der Waals surface area contributed by atoms with Crippen molar-refractivity contribution in [1.29, 1.82) is 5.26 Å². The van der Waals surface area contributed by atoms with E-state index in [0.29, 0.717) is 17.8 Å². The second kappa shape index (κ2) is 4.68. The number of rotatable bonds is 3. The monoisotopic (exact) mass is 234 g/mol.